The summed E-state index contributed by atoms with van der Waals surface area (Å²) >= 11 is 0. The fraction of sp³-hybridized carbons (Fsp3) is 0.500. The van der Waals surface area contributed by atoms with Gasteiger partial charge < -0.3 is 19.7 Å². The molecule has 2 aromatic rings. The molecule has 0 bridgehead atoms. The van der Waals surface area contributed by atoms with Crippen molar-refractivity contribution in [2.45, 2.75) is 13.8 Å². The number of hydrogen-bond acceptors (Lipinski definition) is 8. The second kappa shape index (κ2) is 8.11. The monoisotopic (exact) mass is 362 g/mol. The molecular weight excluding hydrogens is 340 g/mol. The fourth-order valence-corrected chi connectivity index (χ4v) is 2.73. The van der Waals surface area contributed by atoms with Crippen molar-refractivity contribution in [1.29, 1.82) is 0 Å². The van der Waals surface area contributed by atoms with Crippen LogP contribution in [0.4, 0.5) is 11.6 Å². The molecule has 0 spiro atoms. The molecule has 1 aliphatic heterocycles. The lowest BCUT2D eigenvalue weighted by Gasteiger charge is -2.33. The molecule has 10 nitrogen and oxygen atoms in total. The average molecular weight is 362 g/mol. The van der Waals surface area contributed by atoms with Crippen LogP contribution >= 0.6 is 0 Å². The zero-order chi connectivity index (χ0) is 18.5. The van der Waals surface area contributed by atoms with E-state index >= 15 is 0 Å². The van der Waals surface area contributed by atoms with Gasteiger partial charge in [-0.3, -0.25) is 19.4 Å². The molecule has 2 amide bonds. The summed E-state index contributed by atoms with van der Waals surface area (Å²) < 4.78 is 9.83. The van der Waals surface area contributed by atoms with E-state index in [0.717, 1.165) is 0 Å². The predicted molar refractivity (Wildman–Crippen MR) is 92.6 cm³/mol. The Balaban J connectivity index is 1.37. The molecule has 2 N–H and O–H groups in total. The Kier molecular flexibility index (Phi) is 5.64. The van der Waals surface area contributed by atoms with Crippen LogP contribution in [0.3, 0.4) is 0 Å². The van der Waals surface area contributed by atoms with Gasteiger partial charge in [0.05, 0.1) is 13.1 Å². The first-order valence-corrected chi connectivity index (χ1v) is 8.39. The summed E-state index contributed by atoms with van der Waals surface area (Å²) in [5.74, 6) is 1.87. The number of rotatable bonds is 6. The van der Waals surface area contributed by atoms with E-state index in [0.29, 0.717) is 49.3 Å². The summed E-state index contributed by atoms with van der Waals surface area (Å²) in [6.45, 7) is 6.93. The number of carbonyl (C=O) groups is 2. The van der Waals surface area contributed by atoms with Gasteiger partial charge in [-0.05, 0) is 13.8 Å². The van der Waals surface area contributed by atoms with Crippen molar-refractivity contribution < 1.29 is 18.6 Å². The third-order valence-corrected chi connectivity index (χ3v) is 3.99. The highest BCUT2D eigenvalue weighted by Gasteiger charge is 2.21. The number of piperazine rings is 1. The van der Waals surface area contributed by atoms with Gasteiger partial charge in [-0.2, -0.15) is 0 Å². The van der Waals surface area contributed by atoms with Gasteiger partial charge in [0.25, 0.3) is 0 Å². The van der Waals surface area contributed by atoms with Crippen LogP contribution in [0, 0.1) is 13.8 Å². The summed E-state index contributed by atoms with van der Waals surface area (Å²) in [6.07, 6.45) is 0. The minimum atomic E-state index is -0.133. The number of aryl methyl sites for hydroxylation is 2. The first-order chi connectivity index (χ1) is 12.5. The molecule has 0 unspecified atom stereocenters. The van der Waals surface area contributed by atoms with Gasteiger partial charge in [-0.25, -0.2) is 0 Å². The normalized spacial score (nSPS) is 15.8. The molecule has 0 radical (unpaired) electrons. The molecule has 140 valence electrons. The van der Waals surface area contributed by atoms with Crippen molar-refractivity contribution in [3.05, 3.63) is 23.7 Å². The van der Waals surface area contributed by atoms with E-state index < -0.39 is 0 Å². The molecular formula is C16H22N6O4. The van der Waals surface area contributed by atoms with Crippen molar-refractivity contribution in [3.63, 3.8) is 0 Å². The van der Waals surface area contributed by atoms with Crippen LogP contribution < -0.4 is 10.6 Å². The number of nitrogens with one attached hydrogen (secondary N) is 2. The third kappa shape index (κ3) is 5.14. The minimum Gasteiger partial charge on any atom is -0.360 e. The Morgan fingerprint density at radius 2 is 1.27 bits per heavy atom. The van der Waals surface area contributed by atoms with E-state index in [-0.39, 0.29) is 24.9 Å². The summed E-state index contributed by atoms with van der Waals surface area (Å²) in [7, 11) is 0. The zero-order valence-corrected chi connectivity index (χ0v) is 14.8. The molecule has 1 saturated heterocycles. The Morgan fingerprint density at radius 1 is 0.885 bits per heavy atom. The number of nitrogens with zero attached hydrogens (tertiary/aromatic N) is 4. The zero-order valence-electron chi connectivity index (χ0n) is 14.8. The van der Waals surface area contributed by atoms with E-state index in [2.05, 4.69) is 20.9 Å². The molecule has 10 heteroatoms. The van der Waals surface area contributed by atoms with Gasteiger partial charge in [-0.1, -0.05) is 10.3 Å². The van der Waals surface area contributed by atoms with E-state index in [9.17, 15) is 9.59 Å². The Hall–Kier alpha value is -2.72. The molecule has 0 saturated carbocycles. The van der Waals surface area contributed by atoms with Crippen LogP contribution in [0.25, 0.3) is 0 Å². The topological polar surface area (TPSA) is 117 Å². The highest BCUT2D eigenvalue weighted by molar-refractivity contribution is 5.91. The van der Waals surface area contributed by atoms with Crippen LogP contribution in [-0.4, -0.2) is 71.2 Å². The van der Waals surface area contributed by atoms with Crippen LogP contribution in [0.15, 0.2) is 21.2 Å². The van der Waals surface area contributed by atoms with Crippen LogP contribution in [-0.2, 0) is 9.59 Å². The van der Waals surface area contributed by atoms with Crippen LogP contribution in [0.5, 0.6) is 0 Å². The highest BCUT2D eigenvalue weighted by atomic mass is 16.5. The van der Waals surface area contributed by atoms with Crippen molar-refractivity contribution in [1.82, 2.24) is 20.1 Å². The lowest BCUT2D eigenvalue weighted by Crippen LogP contribution is -2.50. The second-order valence-corrected chi connectivity index (χ2v) is 6.29. The number of amides is 2. The Bertz CT molecular complexity index is 698. The maximum atomic E-state index is 12.0. The molecule has 0 aromatic carbocycles. The average Bonchev–Trinajstić information content (AvgIpc) is 3.17. The van der Waals surface area contributed by atoms with E-state index in [1.165, 1.54) is 0 Å². The van der Waals surface area contributed by atoms with E-state index in [1.807, 2.05) is 9.80 Å². The quantitative estimate of drug-likeness (QED) is 0.762. The lowest BCUT2D eigenvalue weighted by atomic mass is 10.3. The number of anilines is 2. The van der Waals surface area contributed by atoms with Crippen LogP contribution in [0.1, 0.15) is 11.5 Å². The lowest BCUT2D eigenvalue weighted by molar-refractivity contribution is -0.120. The largest absolute Gasteiger partial charge is 0.360 e. The smallest absolute Gasteiger partial charge is 0.239 e. The summed E-state index contributed by atoms with van der Waals surface area (Å²) in [5.41, 5.74) is 0. The van der Waals surface area contributed by atoms with E-state index in [1.54, 1.807) is 26.0 Å². The van der Waals surface area contributed by atoms with Crippen molar-refractivity contribution in [2.75, 3.05) is 49.9 Å². The maximum absolute atomic E-state index is 12.0. The Morgan fingerprint density at radius 3 is 1.58 bits per heavy atom. The summed E-state index contributed by atoms with van der Waals surface area (Å²) in [5, 5.41) is 12.9. The number of carbonyl (C=O) groups excluding carboxylic acids is 2. The van der Waals surface area contributed by atoms with Crippen molar-refractivity contribution in [2.24, 2.45) is 0 Å². The van der Waals surface area contributed by atoms with Crippen molar-refractivity contribution in [3.8, 4) is 0 Å². The van der Waals surface area contributed by atoms with Gasteiger partial charge in [0.1, 0.15) is 11.5 Å². The summed E-state index contributed by atoms with van der Waals surface area (Å²) in [6, 6.07) is 3.34. The molecule has 0 atom stereocenters. The number of aromatic nitrogens is 2. The van der Waals surface area contributed by atoms with Gasteiger partial charge in [-0.15, -0.1) is 0 Å². The molecule has 3 heterocycles. The molecule has 2 aromatic heterocycles. The minimum absolute atomic E-state index is 0.133. The van der Waals surface area contributed by atoms with Crippen molar-refractivity contribution >= 4 is 23.5 Å². The molecule has 26 heavy (non-hydrogen) atoms. The van der Waals surface area contributed by atoms with E-state index in [4.69, 9.17) is 9.05 Å². The SMILES string of the molecule is Cc1cc(NC(=O)CN2CCN(CC(=O)Nc3cc(C)on3)CC2)no1. The molecule has 0 aliphatic carbocycles. The number of hydrogen-bond donors (Lipinski definition) is 2. The van der Waals surface area contributed by atoms with Crippen LogP contribution in [0.2, 0.25) is 0 Å². The van der Waals surface area contributed by atoms with Gasteiger partial charge in [0, 0.05) is 38.3 Å². The third-order valence-electron chi connectivity index (χ3n) is 3.99. The van der Waals surface area contributed by atoms with Gasteiger partial charge in [0.15, 0.2) is 11.6 Å². The summed E-state index contributed by atoms with van der Waals surface area (Å²) in [4.78, 5) is 28.1. The molecule has 1 fully saturated rings. The Labute approximate surface area is 150 Å². The van der Waals surface area contributed by atoms with Gasteiger partial charge >= 0.3 is 0 Å². The van der Waals surface area contributed by atoms with Gasteiger partial charge in [0.2, 0.25) is 11.8 Å². The highest BCUT2D eigenvalue weighted by Crippen LogP contribution is 2.09. The molecule has 1 aliphatic rings. The molecule has 3 rings (SSSR count). The maximum Gasteiger partial charge on any atom is 0.239 e. The predicted octanol–water partition coefficient (Wildman–Crippen LogP) is 0.474. The standard InChI is InChI=1S/C16H22N6O4/c1-11-7-13(19-25-11)17-15(23)9-21-3-5-22(6-4-21)10-16(24)18-14-8-12(2)26-20-14/h7-8H,3-6,9-10H2,1-2H3,(H,17,19,23)(H,18,20,24). The first kappa shape index (κ1) is 18.1. The second-order valence-electron chi connectivity index (χ2n) is 6.29. The first-order valence-electron chi connectivity index (χ1n) is 8.39. The fourth-order valence-electron chi connectivity index (χ4n) is 2.73.